The number of rotatable bonds is 3. The molecule has 1 fully saturated rings. The number of nitrogens with zero attached hydrogens (tertiary/aromatic N) is 4. The topological polar surface area (TPSA) is 80.9 Å². The largest absolute Gasteiger partial charge is 0.478 e. The molecule has 0 spiro atoms. The van der Waals surface area contributed by atoms with Gasteiger partial charge in [-0.2, -0.15) is 4.68 Å². The molecule has 1 heterocycles. The van der Waals surface area contributed by atoms with Gasteiger partial charge in [0, 0.05) is 5.92 Å². The van der Waals surface area contributed by atoms with Crippen LogP contribution in [0.1, 0.15) is 54.2 Å². The molecule has 1 aromatic carbocycles. The Morgan fingerprint density at radius 3 is 2.80 bits per heavy atom. The first-order valence-corrected chi connectivity index (χ1v) is 6.88. The van der Waals surface area contributed by atoms with Crippen LogP contribution in [0.2, 0.25) is 0 Å². The van der Waals surface area contributed by atoms with E-state index in [4.69, 9.17) is 5.11 Å². The molecule has 1 aliphatic rings. The van der Waals surface area contributed by atoms with Gasteiger partial charge >= 0.3 is 5.97 Å². The molecule has 0 bridgehead atoms. The van der Waals surface area contributed by atoms with Gasteiger partial charge in [0.05, 0.1) is 11.3 Å². The lowest BCUT2D eigenvalue weighted by atomic mass is 9.88. The maximum Gasteiger partial charge on any atom is 0.335 e. The predicted octanol–water partition coefficient (Wildman–Crippen LogP) is 2.41. The number of carboxylic acids is 1. The zero-order valence-corrected chi connectivity index (χ0v) is 11.1. The Morgan fingerprint density at radius 1 is 1.25 bits per heavy atom. The molecule has 1 aromatic heterocycles. The Labute approximate surface area is 116 Å². The van der Waals surface area contributed by atoms with Crippen LogP contribution >= 0.6 is 0 Å². The molecule has 2 aromatic rings. The number of aromatic carboxylic acids is 1. The summed E-state index contributed by atoms with van der Waals surface area (Å²) in [5.74, 6) is 0.263. The van der Waals surface area contributed by atoms with Gasteiger partial charge in [0.15, 0.2) is 5.82 Å². The fraction of sp³-hybridized carbons (Fsp3) is 0.429. The molecule has 0 aliphatic heterocycles. The van der Waals surface area contributed by atoms with Crippen molar-refractivity contribution in [2.75, 3.05) is 0 Å². The molecule has 6 heteroatoms. The van der Waals surface area contributed by atoms with Crippen molar-refractivity contribution in [1.82, 2.24) is 20.2 Å². The van der Waals surface area contributed by atoms with Gasteiger partial charge in [0.1, 0.15) is 0 Å². The summed E-state index contributed by atoms with van der Waals surface area (Å²) in [6.07, 6.45) is 5.87. The Kier molecular flexibility index (Phi) is 3.45. The number of carboxylic acid groups (broad SMARTS) is 1. The summed E-state index contributed by atoms with van der Waals surface area (Å²) in [5.41, 5.74) is 0.947. The van der Waals surface area contributed by atoms with E-state index in [0.29, 0.717) is 11.6 Å². The van der Waals surface area contributed by atoms with Crippen LogP contribution in [0.4, 0.5) is 0 Å². The van der Waals surface area contributed by atoms with Crippen LogP contribution in [0.15, 0.2) is 24.3 Å². The molecule has 0 atom stereocenters. The zero-order valence-electron chi connectivity index (χ0n) is 11.1. The van der Waals surface area contributed by atoms with Crippen LogP contribution in [0.3, 0.4) is 0 Å². The molecule has 1 N–H and O–H groups in total. The van der Waals surface area contributed by atoms with Gasteiger partial charge in [-0.15, -0.1) is 5.10 Å². The second-order valence-electron chi connectivity index (χ2n) is 5.14. The predicted molar refractivity (Wildman–Crippen MR) is 71.9 cm³/mol. The first kappa shape index (κ1) is 12.8. The molecule has 1 saturated carbocycles. The number of hydrogen-bond acceptors (Lipinski definition) is 4. The Morgan fingerprint density at radius 2 is 2.05 bits per heavy atom. The standard InChI is InChI=1S/C14H16N4O2/c19-14(20)11-7-4-8-12(9-11)18-13(15-16-17-18)10-5-2-1-3-6-10/h4,7-10H,1-3,5-6H2,(H,19,20). The third kappa shape index (κ3) is 2.41. The molecule has 0 unspecified atom stereocenters. The monoisotopic (exact) mass is 272 g/mol. The minimum Gasteiger partial charge on any atom is -0.478 e. The van der Waals surface area contributed by atoms with Gasteiger partial charge in [-0.3, -0.25) is 0 Å². The van der Waals surface area contributed by atoms with Crippen molar-refractivity contribution in [1.29, 1.82) is 0 Å². The highest BCUT2D eigenvalue weighted by Crippen LogP contribution is 2.31. The maximum absolute atomic E-state index is 11.0. The normalized spacial score (nSPS) is 16.2. The van der Waals surface area contributed by atoms with E-state index in [1.807, 2.05) is 6.07 Å². The van der Waals surface area contributed by atoms with Crippen LogP contribution in [-0.2, 0) is 0 Å². The lowest BCUT2D eigenvalue weighted by molar-refractivity contribution is 0.0697. The maximum atomic E-state index is 11.0. The average Bonchev–Trinajstić information content (AvgIpc) is 2.98. The highest BCUT2D eigenvalue weighted by Gasteiger charge is 2.22. The van der Waals surface area contributed by atoms with Crippen molar-refractivity contribution in [3.63, 3.8) is 0 Å². The molecule has 20 heavy (non-hydrogen) atoms. The second-order valence-corrected chi connectivity index (χ2v) is 5.14. The summed E-state index contributed by atoms with van der Waals surface area (Å²) < 4.78 is 1.67. The number of benzene rings is 1. The van der Waals surface area contributed by atoms with Crippen molar-refractivity contribution < 1.29 is 9.90 Å². The number of aromatic nitrogens is 4. The molecule has 0 amide bonds. The van der Waals surface area contributed by atoms with E-state index >= 15 is 0 Å². The molecule has 1 aliphatic carbocycles. The highest BCUT2D eigenvalue weighted by atomic mass is 16.4. The average molecular weight is 272 g/mol. The van der Waals surface area contributed by atoms with Crippen LogP contribution in [0.25, 0.3) is 5.69 Å². The zero-order chi connectivity index (χ0) is 13.9. The lowest BCUT2D eigenvalue weighted by Crippen LogP contribution is -2.12. The van der Waals surface area contributed by atoms with E-state index in [1.54, 1.807) is 22.9 Å². The summed E-state index contributed by atoms with van der Waals surface area (Å²) in [6.45, 7) is 0. The number of tetrazole rings is 1. The van der Waals surface area contributed by atoms with Gasteiger partial charge in [-0.05, 0) is 41.5 Å². The third-order valence-electron chi connectivity index (χ3n) is 3.80. The summed E-state index contributed by atoms with van der Waals surface area (Å²) >= 11 is 0. The van der Waals surface area contributed by atoms with Gasteiger partial charge < -0.3 is 5.11 Å². The summed E-state index contributed by atoms with van der Waals surface area (Å²) in [5, 5.41) is 21.0. The molecular weight excluding hydrogens is 256 g/mol. The summed E-state index contributed by atoms with van der Waals surface area (Å²) in [4.78, 5) is 11.0. The van der Waals surface area contributed by atoms with Gasteiger partial charge in [0.2, 0.25) is 0 Å². The molecular formula is C14H16N4O2. The lowest BCUT2D eigenvalue weighted by Gasteiger charge is -2.20. The smallest absolute Gasteiger partial charge is 0.335 e. The quantitative estimate of drug-likeness (QED) is 0.927. The summed E-state index contributed by atoms with van der Waals surface area (Å²) in [7, 11) is 0. The van der Waals surface area contributed by atoms with Gasteiger partial charge in [-0.1, -0.05) is 25.3 Å². The number of hydrogen-bond donors (Lipinski definition) is 1. The fourth-order valence-corrected chi connectivity index (χ4v) is 2.76. The third-order valence-corrected chi connectivity index (χ3v) is 3.80. The first-order chi connectivity index (χ1) is 9.75. The molecule has 0 radical (unpaired) electrons. The Balaban J connectivity index is 1.96. The van der Waals surface area contributed by atoms with E-state index in [-0.39, 0.29) is 5.56 Å². The number of carbonyl (C=O) groups is 1. The van der Waals surface area contributed by atoms with E-state index < -0.39 is 5.97 Å². The van der Waals surface area contributed by atoms with Crippen molar-refractivity contribution in [3.05, 3.63) is 35.7 Å². The van der Waals surface area contributed by atoms with Crippen LogP contribution < -0.4 is 0 Å². The Bertz CT molecular complexity index is 617. The molecule has 0 saturated heterocycles. The fourth-order valence-electron chi connectivity index (χ4n) is 2.76. The second kappa shape index (κ2) is 5.40. The van der Waals surface area contributed by atoms with Crippen molar-refractivity contribution in [3.8, 4) is 5.69 Å². The first-order valence-electron chi connectivity index (χ1n) is 6.88. The van der Waals surface area contributed by atoms with Crippen LogP contribution in [-0.4, -0.2) is 31.3 Å². The molecule has 6 nitrogen and oxygen atoms in total. The molecule has 104 valence electrons. The van der Waals surface area contributed by atoms with E-state index in [9.17, 15) is 4.79 Å². The summed E-state index contributed by atoms with van der Waals surface area (Å²) in [6, 6.07) is 6.71. The minimum atomic E-state index is -0.945. The van der Waals surface area contributed by atoms with Gasteiger partial charge in [0.25, 0.3) is 0 Å². The van der Waals surface area contributed by atoms with E-state index in [2.05, 4.69) is 15.5 Å². The van der Waals surface area contributed by atoms with Gasteiger partial charge in [-0.25, -0.2) is 4.79 Å². The van der Waals surface area contributed by atoms with Crippen LogP contribution in [0.5, 0.6) is 0 Å². The van der Waals surface area contributed by atoms with E-state index in [0.717, 1.165) is 18.7 Å². The molecule has 3 rings (SSSR count). The SMILES string of the molecule is O=C(O)c1cccc(-n2nnnc2C2CCCCC2)c1. The minimum absolute atomic E-state index is 0.243. The highest BCUT2D eigenvalue weighted by molar-refractivity contribution is 5.88. The Hall–Kier alpha value is -2.24. The van der Waals surface area contributed by atoms with Crippen LogP contribution in [0, 0.1) is 0 Å². The van der Waals surface area contributed by atoms with Crippen molar-refractivity contribution >= 4 is 5.97 Å². The van der Waals surface area contributed by atoms with Crippen molar-refractivity contribution in [2.24, 2.45) is 0 Å². The van der Waals surface area contributed by atoms with E-state index in [1.165, 1.54) is 19.3 Å². The van der Waals surface area contributed by atoms with Crippen molar-refractivity contribution in [2.45, 2.75) is 38.0 Å².